The number of anilines is 1. The Morgan fingerprint density at radius 1 is 1.00 bits per heavy atom. The van der Waals surface area contributed by atoms with Crippen molar-refractivity contribution in [3.8, 4) is 11.3 Å². The zero-order valence-electron chi connectivity index (χ0n) is 9.04. The summed E-state index contributed by atoms with van der Waals surface area (Å²) >= 11 is 0. The van der Waals surface area contributed by atoms with Gasteiger partial charge in [0.1, 0.15) is 0 Å². The van der Waals surface area contributed by atoms with Gasteiger partial charge in [0.05, 0.1) is 11.4 Å². The average molecular weight is 222 g/mol. The number of aromatic nitrogens is 3. The van der Waals surface area contributed by atoms with E-state index in [2.05, 4.69) is 15.0 Å². The number of nitrogen functional groups attached to an aromatic ring is 1. The number of fused-ring (bicyclic) bond motifs is 1. The maximum atomic E-state index is 6.01. The Bertz CT molecular complexity index is 665. The van der Waals surface area contributed by atoms with Gasteiger partial charge in [-0.3, -0.25) is 4.98 Å². The SMILES string of the molecule is Nc1cc2cccnc2nc1-c1ccncc1. The zero-order chi connectivity index (χ0) is 11.7. The largest absolute Gasteiger partial charge is 0.397 e. The van der Waals surface area contributed by atoms with E-state index in [9.17, 15) is 0 Å². The zero-order valence-corrected chi connectivity index (χ0v) is 9.04. The molecule has 0 radical (unpaired) electrons. The molecule has 0 aliphatic carbocycles. The Labute approximate surface area is 98.2 Å². The molecule has 0 atom stereocenters. The van der Waals surface area contributed by atoms with E-state index in [0.29, 0.717) is 11.3 Å². The summed E-state index contributed by atoms with van der Waals surface area (Å²) in [6.45, 7) is 0. The third kappa shape index (κ3) is 1.69. The summed E-state index contributed by atoms with van der Waals surface area (Å²) in [6.07, 6.45) is 5.17. The van der Waals surface area contributed by atoms with Crippen LogP contribution in [0.4, 0.5) is 5.69 Å². The molecule has 0 bridgehead atoms. The molecule has 4 heteroatoms. The fourth-order valence-electron chi connectivity index (χ4n) is 1.76. The monoisotopic (exact) mass is 222 g/mol. The fraction of sp³-hybridized carbons (Fsp3) is 0. The summed E-state index contributed by atoms with van der Waals surface area (Å²) in [5.41, 5.74) is 9.06. The Kier molecular flexibility index (Phi) is 2.19. The van der Waals surface area contributed by atoms with Crippen LogP contribution in [0.25, 0.3) is 22.3 Å². The van der Waals surface area contributed by atoms with Gasteiger partial charge in [0, 0.05) is 29.5 Å². The summed E-state index contributed by atoms with van der Waals surface area (Å²) < 4.78 is 0. The van der Waals surface area contributed by atoms with Crippen molar-refractivity contribution < 1.29 is 0 Å². The van der Waals surface area contributed by atoms with Gasteiger partial charge in [-0.1, -0.05) is 0 Å². The van der Waals surface area contributed by atoms with Gasteiger partial charge >= 0.3 is 0 Å². The highest BCUT2D eigenvalue weighted by Gasteiger charge is 2.06. The van der Waals surface area contributed by atoms with Crippen LogP contribution in [-0.2, 0) is 0 Å². The summed E-state index contributed by atoms with van der Waals surface area (Å²) in [5.74, 6) is 0. The lowest BCUT2D eigenvalue weighted by atomic mass is 10.1. The van der Waals surface area contributed by atoms with Gasteiger partial charge in [-0.15, -0.1) is 0 Å². The van der Waals surface area contributed by atoms with Crippen molar-refractivity contribution >= 4 is 16.7 Å². The van der Waals surface area contributed by atoms with Crippen LogP contribution in [0, 0.1) is 0 Å². The lowest BCUT2D eigenvalue weighted by Crippen LogP contribution is -1.95. The van der Waals surface area contributed by atoms with Crippen molar-refractivity contribution in [3.63, 3.8) is 0 Å². The van der Waals surface area contributed by atoms with E-state index in [1.54, 1.807) is 18.6 Å². The summed E-state index contributed by atoms with van der Waals surface area (Å²) in [5, 5.41) is 0.947. The molecule has 0 saturated carbocycles. The number of hydrogen-bond donors (Lipinski definition) is 1. The van der Waals surface area contributed by atoms with Gasteiger partial charge in [-0.05, 0) is 30.3 Å². The minimum atomic E-state index is 0.650. The van der Waals surface area contributed by atoms with Gasteiger partial charge in [0.2, 0.25) is 0 Å². The molecule has 2 N–H and O–H groups in total. The molecule has 3 aromatic rings. The number of hydrogen-bond acceptors (Lipinski definition) is 4. The van der Waals surface area contributed by atoms with E-state index in [1.165, 1.54) is 0 Å². The molecule has 0 fully saturated rings. The van der Waals surface area contributed by atoms with Crippen LogP contribution in [0.1, 0.15) is 0 Å². The van der Waals surface area contributed by atoms with Crippen LogP contribution in [0.5, 0.6) is 0 Å². The highest BCUT2D eigenvalue weighted by Crippen LogP contribution is 2.25. The van der Waals surface area contributed by atoms with Crippen molar-refractivity contribution in [3.05, 3.63) is 48.9 Å². The lowest BCUT2D eigenvalue weighted by Gasteiger charge is -2.06. The lowest BCUT2D eigenvalue weighted by molar-refractivity contribution is 1.27. The van der Waals surface area contributed by atoms with Crippen molar-refractivity contribution in [2.24, 2.45) is 0 Å². The molecule has 3 heterocycles. The molecule has 82 valence electrons. The molecular formula is C13H10N4. The quantitative estimate of drug-likeness (QED) is 0.686. The van der Waals surface area contributed by atoms with Gasteiger partial charge in [-0.2, -0.15) is 0 Å². The third-order valence-corrected chi connectivity index (χ3v) is 2.57. The maximum absolute atomic E-state index is 6.01. The van der Waals surface area contributed by atoms with Gasteiger partial charge in [0.25, 0.3) is 0 Å². The first-order valence-corrected chi connectivity index (χ1v) is 5.26. The predicted octanol–water partition coefficient (Wildman–Crippen LogP) is 2.27. The van der Waals surface area contributed by atoms with Crippen molar-refractivity contribution in [2.75, 3.05) is 5.73 Å². The number of nitrogens with zero attached hydrogens (tertiary/aromatic N) is 3. The Balaban J connectivity index is 2.27. The first kappa shape index (κ1) is 9.72. The smallest absolute Gasteiger partial charge is 0.159 e. The summed E-state index contributed by atoms with van der Waals surface area (Å²) in [6, 6.07) is 9.48. The van der Waals surface area contributed by atoms with E-state index in [4.69, 9.17) is 5.73 Å². The van der Waals surface area contributed by atoms with Crippen LogP contribution in [0.15, 0.2) is 48.9 Å². The van der Waals surface area contributed by atoms with Gasteiger partial charge in [0.15, 0.2) is 5.65 Å². The number of rotatable bonds is 1. The number of pyridine rings is 3. The molecule has 0 saturated heterocycles. The van der Waals surface area contributed by atoms with Crippen molar-refractivity contribution in [1.29, 1.82) is 0 Å². The topological polar surface area (TPSA) is 64.7 Å². The van der Waals surface area contributed by atoms with E-state index in [0.717, 1.165) is 16.6 Å². The fourth-order valence-corrected chi connectivity index (χ4v) is 1.76. The van der Waals surface area contributed by atoms with Gasteiger partial charge < -0.3 is 5.73 Å². The standard InChI is InChI=1S/C13H10N4/c14-11-8-10-2-1-5-16-13(10)17-12(11)9-3-6-15-7-4-9/h1-8H,14H2. The van der Waals surface area contributed by atoms with Crippen LogP contribution < -0.4 is 5.73 Å². The Morgan fingerprint density at radius 3 is 2.65 bits per heavy atom. The minimum absolute atomic E-state index is 0.650. The molecule has 0 unspecified atom stereocenters. The number of nitrogens with two attached hydrogens (primary N) is 1. The second-order valence-electron chi connectivity index (χ2n) is 3.71. The molecule has 3 rings (SSSR count). The molecule has 17 heavy (non-hydrogen) atoms. The average Bonchev–Trinajstić information content (AvgIpc) is 2.39. The van der Waals surface area contributed by atoms with Gasteiger partial charge in [-0.25, -0.2) is 9.97 Å². The molecule has 4 nitrogen and oxygen atoms in total. The Hall–Kier alpha value is -2.49. The molecule has 3 aromatic heterocycles. The van der Waals surface area contributed by atoms with E-state index in [-0.39, 0.29) is 0 Å². The second-order valence-corrected chi connectivity index (χ2v) is 3.71. The summed E-state index contributed by atoms with van der Waals surface area (Å²) in [7, 11) is 0. The van der Waals surface area contributed by atoms with Crippen LogP contribution >= 0.6 is 0 Å². The molecule has 0 aliphatic heterocycles. The van der Waals surface area contributed by atoms with E-state index < -0.39 is 0 Å². The van der Waals surface area contributed by atoms with E-state index >= 15 is 0 Å². The molecule has 0 amide bonds. The van der Waals surface area contributed by atoms with E-state index in [1.807, 2.05) is 30.3 Å². The van der Waals surface area contributed by atoms with Crippen LogP contribution in [-0.4, -0.2) is 15.0 Å². The molecule has 0 aromatic carbocycles. The third-order valence-electron chi connectivity index (χ3n) is 2.57. The first-order valence-electron chi connectivity index (χ1n) is 5.26. The normalized spacial score (nSPS) is 10.6. The molecular weight excluding hydrogens is 212 g/mol. The predicted molar refractivity (Wildman–Crippen MR) is 67.2 cm³/mol. The van der Waals surface area contributed by atoms with Crippen LogP contribution in [0.2, 0.25) is 0 Å². The van der Waals surface area contributed by atoms with Crippen LogP contribution in [0.3, 0.4) is 0 Å². The van der Waals surface area contributed by atoms with Crippen molar-refractivity contribution in [2.45, 2.75) is 0 Å². The highest BCUT2D eigenvalue weighted by molar-refractivity contribution is 5.85. The molecule has 0 aliphatic rings. The Morgan fingerprint density at radius 2 is 1.82 bits per heavy atom. The first-order chi connectivity index (χ1) is 8.34. The van der Waals surface area contributed by atoms with Crippen molar-refractivity contribution in [1.82, 2.24) is 15.0 Å². The highest BCUT2D eigenvalue weighted by atomic mass is 14.9. The maximum Gasteiger partial charge on any atom is 0.159 e. The minimum Gasteiger partial charge on any atom is -0.397 e. The second kappa shape index (κ2) is 3.83. The summed E-state index contributed by atoms with van der Waals surface area (Å²) in [4.78, 5) is 12.7. The molecule has 0 spiro atoms.